The molecule has 1 N–H and O–H groups in total. The van der Waals surface area contributed by atoms with Crippen LogP contribution in [0, 0.1) is 5.92 Å². The first kappa shape index (κ1) is 21.7. The monoisotopic (exact) mass is 355 g/mol. The van der Waals surface area contributed by atoms with Gasteiger partial charge in [0.15, 0.2) is 5.96 Å². The fraction of sp³-hybridized carbons (Fsp3) is 0.895. The van der Waals surface area contributed by atoms with Crippen LogP contribution in [0.4, 0.5) is 0 Å². The lowest BCUT2D eigenvalue weighted by Crippen LogP contribution is -2.40. The van der Waals surface area contributed by atoms with Crippen molar-refractivity contribution in [1.29, 1.82) is 0 Å². The van der Waals surface area contributed by atoms with Crippen LogP contribution in [0.3, 0.4) is 0 Å². The van der Waals surface area contributed by atoms with Crippen molar-refractivity contribution in [2.24, 2.45) is 10.9 Å². The molecular weight excluding hydrogens is 318 g/mol. The number of carbonyl (C=O) groups is 1. The van der Waals surface area contributed by atoms with Gasteiger partial charge in [0.25, 0.3) is 0 Å². The zero-order valence-corrected chi connectivity index (χ0v) is 16.4. The molecule has 1 saturated carbocycles. The van der Waals surface area contributed by atoms with Gasteiger partial charge in [-0.1, -0.05) is 19.3 Å². The molecule has 25 heavy (non-hydrogen) atoms. The Morgan fingerprint density at radius 1 is 1.20 bits per heavy atom. The first-order valence-corrected chi connectivity index (χ1v) is 9.82. The maximum absolute atomic E-state index is 11.2. The van der Waals surface area contributed by atoms with E-state index in [1.165, 1.54) is 19.3 Å². The average Bonchev–Trinajstić information content (AvgIpc) is 3.42. The van der Waals surface area contributed by atoms with Crippen molar-refractivity contribution in [2.75, 3.05) is 47.0 Å². The summed E-state index contributed by atoms with van der Waals surface area (Å²) >= 11 is 0. The van der Waals surface area contributed by atoms with Gasteiger partial charge in [0.1, 0.15) is 0 Å². The molecule has 6 heteroatoms. The highest BCUT2D eigenvalue weighted by atomic mass is 16.5. The van der Waals surface area contributed by atoms with E-state index in [1.807, 2.05) is 21.0 Å². The summed E-state index contributed by atoms with van der Waals surface area (Å²) < 4.78 is 10.6. The number of rotatable bonds is 14. The number of aliphatic imine (C=N–C) groups is 1. The molecule has 0 unspecified atom stereocenters. The van der Waals surface area contributed by atoms with E-state index in [2.05, 4.69) is 15.2 Å². The summed E-state index contributed by atoms with van der Waals surface area (Å²) in [5, 5.41) is 3.40. The second kappa shape index (κ2) is 13.9. The molecule has 0 aromatic carbocycles. The van der Waals surface area contributed by atoms with E-state index in [4.69, 9.17) is 9.47 Å². The predicted octanol–water partition coefficient (Wildman–Crippen LogP) is 2.82. The molecule has 1 rings (SSSR count). The van der Waals surface area contributed by atoms with E-state index in [9.17, 15) is 4.79 Å². The number of carbonyl (C=O) groups excluding carboxylic acids is 1. The van der Waals surface area contributed by atoms with Crippen LogP contribution in [0.5, 0.6) is 0 Å². The van der Waals surface area contributed by atoms with Crippen LogP contribution in [-0.4, -0.2) is 63.8 Å². The Kier molecular flexibility index (Phi) is 12.1. The van der Waals surface area contributed by atoms with Gasteiger partial charge < -0.3 is 19.7 Å². The quantitative estimate of drug-likeness (QED) is 0.225. The fourth-order valence-electron chi connectivity index (χ4n) is 2.58. The standard InChI is InChI=1S/C19H37N3O3/c1-4-25-18(23)10-8-6-5-7-9-13-21-19(20-2)22(3)14-15-24-16-17-11-12-17/h17H,4-16H2,1-3H3,(H,20,21). The summed E-state index contributed by atoms with van der Waals surface area (Å²) in [6.45, 7) is 5.78. The Balaban J connectivity index is 1.94. The van der Waals surface area contributed by atoms with Crippen LogP contribution < -0.4 is 5.32 Å². The number of likely N-dealkylation sites (N-methyl/N-ethyl adjacent to an activating group) is 1. The maximum Gasteiger partial charge on any atom is 0.305 e. The van der Waals surface area contributed by atoms with E-state index in [1.54, 1.807) is 0 Å². The van der Waals surface area contributed by atoms with Gasteiger partial charge >= 0.3 is 5.97 Å². The Morgan fingerprint density at radius 3 is 2.60 bits per heavy atom. The second-order valence-corrected chi connectivity index (χ2v) is 6.74. The van der Waals surface area contributed by atoms with Crippen molar-refractivity contribution < 1.29 is 14.3 Å². The molecule has 146 valence electrons. The minimum Gasteiger partial charge on any atom is -0.466 e. The summed E-state index contributed by atoms with van der Waals surface area (Å²) in [4.78, 5) is 17.7. The first-order valence-electron chi connectivity index (χ1n) is 9.82. The SMILES string of the molecule is CCOC(=O)CCCCCCCNC(=NC)N(C)CCOCC1CC1. The Labute approximate surface area is 153 Å². The van der Waals surface area contributed by atoms with Gasteiger partial charge in [0, 0.05) is 40.2 Å². The molecule has 1 aliphatic rings. The molecule has 0 spiro atoms. The highest BCUT2D eigenvalue weighted by molar-refractivity contribution is 5.79. The molecule has 0 atom stereocenters. The van der Waals surface area contributed by atoms with Crippen LogP contribution in [0.2, 0.25) is 0 Å². The number of guanidine groups is 1. The zero-order valence-electron chi connectivity index (χ0n) is 16.4. The van der Waals surface area contributed by atoms with Gasteiger partial charge in [-0.15, -0.1) is 0 Å². The highest BCUT2D eigenvalue weighted by Gasteiger charge is 2.21. The molecule has 0 radical (unpaired) electrons. The van der Waals surface area contributed by atoms with E-state index >= 15 is 0 Å². The van der Waals surface area contributed by atoms with Crippen molar-refractivity contribution in [3.63, 3.8) is 0 Å². The summed E-state index contributed by atoms with van der Waals surface area (Å²) in [6, 6.07) is 0. The zero-order chi connectivity index (χ0) is 18.3. The Hall–Kier alpha value is -1.30. The number of ether oxygens (including phenoxy) is 2. The number of unbranched alkanes of at least 4 members (excludes halogenated alkanes) is 4. The van der Waals surface area contributed by atoms with Crippen LogP contribution in [0.1, 0.15) is 58.3 Å². The van der Waals surface area contributed by atoms with E-state index in [-0.39, 0.29) is 5.97 Å². The van der Waals surface area contributed by atoms with Gasteiger partial charge in [-0.25, -0.2) is 0 Å². The topological polar surface area (TPSA) is 63.2 Å². The van der Waals surface area contributed by atoms with E-state index in [0.29, 0.717) is 13.0 Å². The first-order chi connectivity index (χ1) is 12.2. The molecule has 0 heterocycles. The molecule has 1 aliphatic carbocycles. The highest BCUT2D eigenvalue weighted by Crippen LogP contribution is 2.28. The predicted molar refractivity (Wildman–Crippen MR) is 102 cm³/mol. The van der Waals surface area contributed by atoms with E-state index in [0.717, 1.165) is 63.9 Å². The third-order valence-corrected chi connectivity index (χ3v) is 4.34. The number of hydrogen-bond acceptors (Lipinski definition) is 4. The molecule has 0 aromatic heterocycles. The van der Waals surface area contributed by atoms with Gasteiger partial charge in [-0.2, -0.15) is 0 Å². The molecular formula is C19H37N3O3. The van der Waals surface area contributed by atoms with Gasteiger partial charge in [0.05, 0.1) is 13.2 Å². The van der Waals surface area contributed by atoms with E-state index < -0.39 is 0 Å². The number of esters is 1. The third kappa shape index (κ3) is 11.8. The van der Waals surface area contributed by atoms with Crippen LogP contribution >= 0.6 is 0 Å². The molecule has 0 aliphatic heterocycles. The van der Waals surface area contributed by atoms with Crippen molar-refractivity contribution in [3.8, 4) is 0 Å². The molecule has 0 bridgehead atoms. The van der Waals surface area contributed by atoms with Crippen molar-refractivity contribution >= 4 is 11.9 Å². The summed E-state index contributed by atoms with van der Waals surface area (Å²) in [5.74, 6) is 1.68. The number of nitrogens with zero attached hydrogens (tertiary/aromatic N) is 2. The molecule has 1 fully saturated rings. The van der Waals surface area contributed by atoms with Crippen LogP contribution in [0.25, 0.3) is 0 Å². The lowest BCUT2D eigenvalue weighted by molar-refractivity contribution is -0.143. The molecule has 0 saturated heterocycles. The van der Waals surface area contributed by atoms with Gasteiger partial charge in [-0.3, -0.25) is 9.79 Å². The Bertz CT molecular complexity index is 384. The van der Waals surface area contributed by atoms with Crippen molar-refractivity contribution in [3.05, 3.63) is 0 Å². The third-order valence-electron chi connectivity index (χ3n) is 4.34. The maximum atomic E-state index is 11.2. The van der Waals surface area contributed by atoms with Crippen LogP contribution in [0.15, 0.2) is 4.99 Å². The minimum absolute atomic E-state index is 0.0721. The fourth-order valence-corrected chi connectivity index (χ4v) is 2.58. The van der Waals surface area contributed by atoms with Crippen molar-refractivity contribution in [1.82, 2.24) is 10.2 Å². The normalized spacial score (nSPS) is 14.4. The van der Waals surface area contributed by atoms with Crippen molar-refractivity contribution in [2.45, 2.75) is 58.3 Å². The lowest BCUT2D eigenvalue weighted by atomic mass is 10.1. The number of nitrogens with one attached hydrogen (secondary N) is 1. The smallest absolute Gasteiger partial charge is 0.305 e. The summed E-state index contributed by atoms with van der Waals surface area (Å²) in [5.41, 5.74) is 0. The summed E-state index contributed by atoms with van der Waals surface area (Å²) in [6.07, 6.45) is 8.68. The van der Waals surface area contributed by atoms with Gasteiger partial charge in [-0.05, 0) is 38.5 Å². The largest absolute Gasteiger partial charge is 0.466 e. The molecule has 0 aromatic rings. The lowest BCUT2D eigenvalue weighted by Gasteiger charge is -2.22. The molecule has 0 amide bonds. The van der Waals surface area contributed by atoms with Gasteiger partial charge in [0.2, 0.25) is 0 Å². The average molecular weight is 356 g/mol. The van der Waals surface area contributed by atoms with Crippen LogP contribution in [-0.2, 0) is 14.3 Å². The Morgan fingerprint density at radius 2 is 1.92 bits per heavy atom. The second-order valence-electron chi connectivity index (χ2n) is 6.74. The molecule has 6 nitrogen and oxygen atoms in total. The summed E-state index contributed by atoms with van der Waals surface area (Å²) in [7, 11) is 3.87. The number of hydrogen-bond donors (Lipinski definition) is 1. The minimum atomic E-state index is -0.0721.